The maximum Gasteiger partial charge on any atom is -0.0350 e. The maximum absolute atomic E-state index is 2.50. The molecule has 2 fully saturated rings. The van der Waals surface area contributed by atoms with Crippen LogP contribution in [0.3, 0.4) is 0 Å². The number of hydrogen-bond donors (Lipinski definition) is 0. The van der Waals surface area contributed by atoms with Crippen LogP contribution in [0.15, 0.2) is 0 Å². The summed E-state index contributed by atoms with van der Waals surface area (Å²) in [6.07, 6.45) is 7.55. The van der Waals surface area contributed by atoms with Crippen LogP contribution in [-0.2, 0) is 0 Å². The normalized spacial score (nSPS) is 46.6. The van der Waals surface area contributed by atoms with E-state index in [1.54, 1.807) is 0 Å². The zero-order chi connectivity index (χ0) is 11.0. The van der Waals surface area contributed by atoms with Crippen molar-refractivity contribution in [2.24, 2.45) is 35.5 Å². The number of fused-ring (bicyclic) bond motifs is 1. The van der Waals surface area contributed by atoms with Gasteiger partial charge < -0.3 is 0 Å². The van der Waals surface area contributed by atoms with Crippen molar-refractivity contribution in [2.45, 2.75) is 59.8 Å². The van der Waals surface area contributed by atoms with Gasteiger partial charge in [0.15, 0.2) is 0 Å². The molecule has 0 spiro atoms. The van der Waals surface area contributed by atoms with Crippen LogP contribution < -0.4 is 0 Å². The predicted molar refractivity (Wildman–Crippen MR) is 66.7 cm³/mol. The van der Waals surface area contributed by atoms with E-state index in [0.717, 1.165) is 35.5 Å². The van der Waals surface area contributed by atoms with Crippen molar-refractivity contribution in [1.82, 2.24) is 0 Å². The Morgan fingerprint density at radius 1 is 0.867 bits per heavy atom. The van der Waals surface area contributed by atoms with Gasteiger partial charge in [0, 0.05) is 0 Å². The van der Waals surface area contributed by atoms with Crippen molar-refractivity contribution < 1.29 is 0 Å². The van der Waals surface area contributed by atoms with E-state index in [1.165, 1.54) is 32.1 Å². The van der Waals surface area contributed by atoms with Crippen molar-refractivity contribution in [3.63, 3.8) is 0 Å². The van der Waals surface area contributed by atoms with Crippen LogP contribution in [0.5, 0.6) is 0 Å². The van der Waals surface area contributed by atoms with E-state index >= 15 is 0 Å². The molecule has 0 aromatic rings. The van der Waals surface area contributed by atoms with Crippen LogP contribution in [0, 0.1) is 35.5 Å². The monoisotopic (exact) mass is 208 g/mol. The highest BCUT2D eigenvalue weighted by atomic mass is 14.5. The molecular weight excluding hydrogens is 180 g/mol. The third-order valence-electron chi connectivity index (χ3n) is 5.31. The Hall–Kier alpha value is 0. The average molecular weight is 208 g/mol. The quantitative estimate of drug-likeness (QED) is 0.584. The first kappa shape index (κ1) is 11.5. The zero-order valence-electron chi connectivity index (χ0n) is 11.0. The molecule has 2 aliphatic rings. The van der Waals surface area contributed by atoms with Crippen molar-refractivity contribution in [1.29, 1.82) is 0 Å². The Morgan fingerprint density at radius 2 is 1.60 bits per heavy atom. The summed E-state index contributed by atoms with van der Waals surface area (Å²) in [6.45, 7) is 9.85. The van der Waals surface area contributed by atoms with Crippen LogP contribution in [0.25, 0.3) is 0 Å². The lowest BCUT2D eigenvalue weighted by molar-refractivity contribution is 0.0182. The largest absolute Gasteiger partial charge is 0.0625 e. The van der Waals surface area contributed by atoms with Crippen molar-refractivity contribution in [3.05, 3.63) is 0 Å². The van der Waals surface area contributed by atoms with Gasteiger partial charge in [-0.3, -0.25) is 0 Å². The maximum atomic E-state index is 2.50. The number of hydrogen-bond acceptors (Lipinski definition) is 0. The fraction of sp³-hybridized carbons (Fsp3) is 1.00. The average Bonchev–Trinajstić information content (AvgIpc) is 2.17. The Morgan fingerprint density at radius 3 is 2.27 bits per heavy atom. The Balaban J connectivity index is 2.10. The minimum atomic E-state index is 0.912. The van der Waals surface area contributed by atoms with Gasteiger partial charge in [0.1, 0.15) is 0 Å². The van der Waals surface area contributed by atoms with E-state index in [4.69, 9.17) is 0 Å². The molecule has 0 saturated heterocycles. The molecule has 0 nitrogen and oxygen atoms in total. The fourth-order valence-electron chi connectivity index (χ4n) is 4.36. The molecule has 0 radical (unpaired) electrons. The highest BCUT2D eigenvalue weighted by molar-refractivity contribution is 4.90. The first-order valence-electron chi connectivity index (χ1n) is 7.09. The van der Waals surface area contributed by atoms with Crippen molar-refractivity contribution in [2.75, 3.05) is 0 Å². The lowest BCUT2D eigenvalue weighted by Gasteiger charge is -2.48. The van der Waals surface area contributed by atoms with Crippen LogP contribution in [0.4, 0.5) is 0 Å². The van der Waals surface area contributed by atoms with Gasteiger partial charge in [0.25, 0.3) is 0 Å². The fourth-order valence-corrected chi connectivity index (χ4v) is 4.36. The van der Waals surface area contributed by atoms with E-state index in [-0.39, 0.29) is 0 Å². The molecule has 15 heavy (non-hydrogen) atoms. The second kappa shape index (κ2) is 4.47. The van der Waals surface area contributed by atoms with Crippen LogP contribution >= 0.6 is 0 Å². The van der Waals surface area contributed by atoms with Gasteiger partial charge in [-0.1, -0.05) is 40.5 Å². The molecule has 2 saturated carbocycles. The van der Waals surface area contributed by atoms with E-state index in [1.807, 2.05) is 0 Å². The zero-order valence-corrected chi connectivity index (χ0v) is 11.0. The first-order valence-corrected chi connectivity index (χ1v) is 7.09. The predicted octanol–water partition coefficient (Wildman–Crippen LogP) is 4.74. The summed E-state index contributed by atoms with van der Waals surface area (Å²) >= 11 is 0. The minimum absolute atomic E-state index is 0.912. The molecule has 88 valence electrons. The van der Waals surface area contributed by atoms with Crippen LogP contribution in [-0.4, -0.2) is 0 Å². The smallest absolute Gasteiger partial charge is 0.0350 e. The van der Waals surface area contributed by atoms with E-state index < -0.39 is 0 Å². The van der Waals surface area contributed by atoms with Gasteiger partial charge in [0.05, 0.1) is 0 Å². The highest BCUT2D eigenvalue weighted by Crippen LogP contribution is 2.50. The topological polar surface area (TPSA) is 0 Å². The molecule has 2 rings (SSSR count). The summed E-state index contributed by atoms with van der Waals surface area (Å²) in [7, 11) is 0. The summed E-state index contributed by atoms with van der Waals surface area (Å²) in [5.74, 6) is 6.10. The summed E-state index contributed by atoms with van der Waals surface area (Å²) < 4.78 is 0. The van der Waals surface area contributed by atoms with Crippen LogP contribution in [0.1, 0.15) is 59.8 Å². The van der Waals surface area contributed by atoms with Gasteiger partial charge in [-0.15, -0.1) is 0 Å². The standard InChI is InChI=1S/C15H28/c1-10(2)13-8-6-12(4)14-7-5-11(3)9-15(13)14/h10-15H,5-9H2,1-4H3/t11-,12-,13+,14+,15+/m1/s1. The Bertz CT molecular complexity index is 202. The molecule has 0 heterocycles. The molecule has 0 aromatic carbocycles. The Labute approximate surface area is 95.8 Å². The van der Waals surface area contributed by atoms with Crippen molar-refractivity contribution >= 4 is 0 Å². The van der Waals surface area contributed by atoms with Gasteiger partial charge >= 0.3 is 0 Å². The molecule has 0 bridgehead atoms. The van der Waals surface area contributed by atoms with Gasteiger partial charge in [-0.2, -0.15) is 0 Å². The molecule has 0 N–H and O–H groups in total. The number of rotatable bonds is 1. The molecule has 5 atom stereocenters. The summed E-state index contributed by atoms with van der Waals surface area (Å²) in [5.41, 5.74) is 0. The molecule has 0 heteroatoms. The Kier molecular flexibility index (Phi) is 3.42. The SMILES string of the molecule is CC(C)[C@@H]1CC[C@@H](C)[C@@H]2CC[C@@H](C)C[C@H]21. The lowest BCUT2D eigenvalue weighted by atomic mass is 9.57. The molecule has 0 unspecified atom stereocenters. The molecule has 0 aromatic heterocycles. The second-order valence-electron chi connectivity index (χ2n) is 6.71. The summed E-state index contributed by atoms with van der Waals surface area (Å²) in [5, 5.41) is 0. The van der Waals surface area contributed by atoms with Gasteiger partial charge in [0.2, 0.25) is 0 Å². The highest BCUT2D eigenvalue weighted by Gasteiger charge is 2.41. The van der Waals surface area contributed by atoms with Crippen molar-refractivity contribution in [3.8, 4) is 0 Å². The second-order valence-corrected chi connectivity index (χ2v) is 6.71. The van der Waals surface area contributed by atoms with E-state index in [2.05, 4.69) is 27.7 Å². The molecular formula is C15H28. The lowest BCUT2D eigenvalue weighted by Crippen LogP contribution is -2.39. The molecule has 0 aliphatic heterocycles. The summed E-state index contributed by atoms with van der Waals surface area (Å²) in [6, 6.07) is 0. The first-order chi connectivity index (χ1) is 7.09. The molecule has 0 amide bonds. The van der Waals surface area contributed by atoms with E-state index in [0.29, 0.717) is 0 Å². The van der Waals surface area contributed by atoms with E-state index in [9.17, 15) is 0 Å². The summed E-state index contributed by atoms with van der Waals surface area (Å²) in [4.78, 5) is 0. The van der Waals surface area contributed by atoms with Gasteiger partial charge in [-0.05, 0) is 54.8 Å². The van der Waals surface area contributed by atoms with Gasteiger partial charge in [-0.25, -0.2) is 0 Å². The minimum Gasteiger partial charge on any atom is -0.0625 e. The van der Waals surface area contributed by atoms with Crippen LogP contribution in [0.2, 0.25) is 0 Å². The molecule has 2 aliphatic carbocycles. The third-order valence-corrected chi connectivity index (χ3v) is 5.31. The third kappa shape index (κ3) is 2.24.